The molecule has 0 bridgehead atoms. The summed E-state index contributed by atoms with van der Waals surface area (Å²) in [6.45, 7) is 3.76. The molecule has 0 heterocycles. The van der Waals surface area contributed by atoms with Gasteiger partial charge in [0.2, 0.25) is 5.75 Å². The monoisotopic (exact) mass is 557 g/mol. The number of hydrogen-bond donors (Lipinski definition) is 2. The SMILES string of the molecule is CN=C(NCCc1ccc(OC)c(OC)c1OC)NCCC(C)c1ccc(OC)cc1.I. The number of benzene rings is 2. The summed E-state index contributed by atoms with van der Waals surface area (Å²) < 4.78 is 21.6. The predicted octanol–water partition coefficient (Wildman–Crippen LogP) is 4.24. The molecule has 0 aliphatic rings. The van der Waals surface area contributed by atoms with E-state index in [1.807, 2.05) is 24.3 Å². The molecule has 1 atom stereocenters. The molecule has 2 aromatic carbocycles. The van der Waals surface area contributed by atoms with Crippen molar-refractivity contribution in [3.8, 4) is 23.0 Å². The first kappa shape index (κ1) is 27.7. The summed E-state index contributed by atoms with van der Waals surface area (Å²) in [6.07, 6.45) is 1.75. The summed E-state index contributed by atoms with van der Waals surface area (Å²) in [4.78, 5) is 4.32. The maximum atomic E-state index is 5.56. The number of nitrogens with one attached hydrogen (secondary N) is 2. The Kier molecular flexibility index (Phi) is 12.7. The number of guanidine groups is 1. The van der Waals surface area contributed by atoms with Gasteiger partial charge in [0.15, 0.2) is 17.5 Å². The quantitative estimate of drug-likeness (QED) is 0.245. The molecule has 0 radical (unpaired) electrons. The molecule has 8 heteroatoms. The van der Waals surface area contributed by atoms with Gasteiger partial charge >= 0.3 is 0 Å². The minimum Gasteiger partial charge on any atom is -0.497 e. The molecule has 7 nitrogen and oxygen atoms in total. The molecule has 2 rings (SSSR count). The molecule has 0 aliphatic carbocycles. The number of nitrogens with zero attached hydrogens (tertiary/aromatic N) is 1. The number of methoxy groups -OCH3 is 4. The highest BCUT2D eigenvalue weighted by atomic mass is 127. The fourth-order valence-electron chi connectivity index (χ4n) is 3.40. The van der Waals surface area contributed by atoms with Crippen molar-refractivity contribution in [1.29, 1.82) is 0 Å². The Bertz CT molecular complexity index is 844. The van der Waals surface area contributed by atoms with Gasteiger partial charge in [0.1, 0.15) is 5.75 Å². The minimum absolute atomic E-state index is 0. The van der Waals surface area contributed by atoms with Gasteiger partial charge < -0.3 is 29.6 Å². The molecule has 0 spiro atoms. The van der Waals surface area contributed by atoms with Crippen LogP contribution in [0.2, 0.25) is 0 Å². The summed E-state index contributed by atoms with van der Waals surface area (Å²) in [5.74, 6) is 4.05. The van der Waals surface area contributed by atoms with Crippen molar-refractivity contribution in [2.75, 3.05) is 48.6 Å². The van der Waals surface area contributed by atoms with Gasteiger partial charge in [-0.3, -0.25) is 4.99 Å². The Balaban J connectivity index is 0.00000512. The van der Waals surface area contributed by atoms with Crippen LogP contribution >= 0.6 is 24.0 Å². The molecule has 0 aliphatic heterocycles. The van der Waals surface area contributed by atoms with Crippen molar-refractivity contribution >= 4 is 29.9 Å². The third kappa shape index (κ3) is 7.65. The molecular weight excluding hydrogens is 521 g/mol. The summed E-state index contributed by atoms with van der Waals surface area (Å²) in [5.41, 5.74) is 2.34. The highest BCUT2D eigenvalue weighted by Crippen LogP contribution is 2.39. The van der Waals surface area contributed by atoms with E-state index in [1.165, 1.54) is 5.56 Å². The van der Waals surface area contributed by atoms with Crippen LogP contribution in [-0.4, -0.2) is 54.5 Å². The second-order valence-corrected chi connectivity index (χ2v) is 7.13. The molecule has 0 fully saturated rings. The van der Waals surface area contributed by atoms with E-state index in [9.17, 15) is 0 Å². The van der Waals surface area contributed by atoms with Crippen molar-refractivity contribution < 1.29 is 18.9 Å². The predicted molar refractivity (Wildman–Crippen MR) is 141 cm³/mol. The van der Waals surface area contributed by atoms with Gasteiger partial charge in [-0.2, -0.15) is 0 Å². The fraction of sp³-hybridized carbons (Fsp3) is 0.458. The normalized spacial score (nSPS) is 11.8. The Hall–Kier alpha value is -2.36. The molecule has 0 amide bonds. The standard InChI is InChI=1S/C24H35N3O4.HI/c1-17(18-7-10-20(28-3)11-8-18)13-15-26-24(25-2)27-16-14-19-9-12-21(29-4)23(31-6)22(19)30-5;/h7-12,17H,13-16H2,1-6H3,(H2,25,26,27);1H. The lowest BCUT2D eigenvalue weighted by atomic mass is 9.98. The van der Waals surface area contributed by atoms with Crippen molar-refractivity contribution in [3.63, 3.8) is 0 Å². The van der Waals surface area contributed by atoms with E-state index in [2.05, 4.69) is 34.7 Å². The van der Waals surface area contributed by atoms with Crippen LogP contribution in [0.25, 0.3) is 0 Å². The van der Waals surface area contributed by atoms with Crippen LogP contribution in [-0.2, 0) is 6.42 Å². The summed E-state index contributed by atoms with van der Waals surface area (Å²) in [7, 11) is 8.32. The molecule has 0 saturated carbocycles. The van der Waals surface area contributed by atoms with Crippen LogP contribution in [0.15, 0.2) is 41.4 Å². The second kappa shape index (κ2) is 14.7. The second-order valence-electron chi connectivity index (χ2n) is 7.13. The highest BCUT2D eigenvalue weighted by Gasteiger charge is 2.15. The Labute approximate surface area is 208 Å². The Morgan fingerprint density at radius 2 is 1.50 bits per heavy atom. The summed E-state index contributed by atoms with van der Waals surface area (Å²) in [6, 6.07) is 12.1. The van der Waals surface area contributed by atoms with E-state index in [4.69, 9.17) is 18.9 Å². The first-order valence-electron chi connectivity index (χ1n) is 10.4. The van der Waals surface area contributed by atoms with E-state index >= 15 is 0 Å². The third-order valence-corrected chi connectivity index (χ3v) is 5.25. The Morgan fingerprint density at radius 3 is 2.06 bits per heavy atom. The zero-order valence-corrected chi connectivity index (χ0v) is 22.2. The smallest absolute Gasteiger partial charge is 0.203 e. The number of hydrogen-bond acceptors (Lipinski definition) is 5. The van der Waals surface area contributed by atoms with Crippen LogP contribution in [0, 0.1) is 0 Å². The first-order valence-corrected chi connectivity index (χ1v) is 10.4. The van der Waals surface area contributed by atoms with Gasteiger partial charge in [0.25, 0.3) is 0 Å². The van der Waals surface area contributed by atoms with Crippen LogP contribution < -0.4 is 29.6 Å². The largest absolute Gasteiger partial charge is 0.497 e. The lowest BCUT2D eigenvalue weighted by molar-refractivity contribution is 0.322. The average Bonchev–Trinajstić information content (AvgIpc) is 2.82. The van der Waals surface area contributed by atoms with Gasteiger partial charge in [-0.15, -0.1) is 24.0 Å². The van der Waals surface area contributed by atoms with Crippen molar-refractivity contribution in [1.82, 2.24) is 10.6 Å². The third-order valence-electron chi connectivity index (χ3n) is 5.25. The van der Waals surface area contributed by atoms with Crippen LogP contribution in [0.4, 0.5) is 0 Å². The van der Waals surface area contributed by atoms with Gasteiger partial charge in [0, 0.05) is 25.7 Å². The zero-order valence-electron chi connectivity index (χ0n) is 19.9. The molecular formula is C24H36IN3O4. The topological polar surface area (TPSA) is 73.3 Å². The minimum atomic E-state index is 0. The molecule has 178 valence electrons. The van der Waals surface area contributed by atoms with E-state index in [1.54, 1.807) is 35.5 Å². The molecule has 1 unspecified atom stereocenters. The van der Waals surface area contributed by atoms with Crippen molar-refractivity contribution in [3.05, 3.63) is 47.5 Å². The summed E-state index contributed by atoms with van der Waals surface area (Å²) >= 11 is 0. The van der Waals surface area contributed by atoms with Crippen LogP contribution in [0.5, 0.6) is 23.0 Å². The lowest BCUT2D eigenvalue weighted by Crippen LogP contribution is -2.39. The number of halogens is 1. The van der Waals surface area contributed by atoms with Crippen molar-refractivity contribution in [2.24, 2.45) is 4.99 Å². The number of rotatable bonds is 11. The van der Waals surface area contributed by atoms with Crippen LogP contribution in [0.3, 0.4) is 0 Å². The van der Waals surface area contributed by atoms with Crippen molar-refractivity contribution in [2.45, 2.75) is 25.7 Å². The average molecular weight is 557 g/mol. The van der Waals surface area contributed by atoms with Gasteiger partial charge in [-0.25, -0.2) is 0 Å². The molecule has 0 aromatic heterocycles. The lowest BCUT2D eigenvalue weighted by Gasteiger charge is -2.17. The van der Waals surface area contributed by atoms with E-state index in [0.29, 0.717) is 29.7 Å². The molecule has 2 aromatic rings. The molecule has 32 heavy (non-hydrogen) atoms. The highest BCUT2D eigenvalue weighted by molar-refractivity contribution is 14.0. The van der Waals surface area contributed by atoms with E-state index in [0.717, 1.165) is 36.7 Å². The molecule has 2 N–H and O–H groups in total. The fourth-order valence-corrected chi connectivity index (χ4v) is 3.40. The van der Waals surface area contributed by atoms with E-state index in [-0.39, 0.29) is 24.0 Å². The first-order chi connectivity index (χ1) is 15.1. The Morgan fingerprint density at radius 1 is 0.844 bits per heavy atom. The maximum absolute atomic E-state index is 5.56. The summed E-state index contributed by atoms with van der Waals surface area (Å²) in [5, 5.41) is 6.75. The number of ether oxygens (including phenoxy) is 4. The zero-order chi connectivity index (χ0) is 22.6. The number of aliphatic imine (C=N–C) groups is 1. The van der Waals surface area contributed by atoms with Gasteiger partial charge in [-0.05, 0) is 42.5 Å². The van der Waals surface area contributed by atoms with E-state index < -0.39 is 0 Å². The van der Waals surface area contributed by atoms with Gasteiger partial charge in [0.05, 0.1) is 28.4 Å². The maximum Gasteiger partial charge on any atom is 0.203 e. The molecule has 0 saturated heterocycles. The van der Waals surface area contributed by atoms with Crippen LogP contribution in [0.1, 0.15) is 30.4 Å². The van der Waals surface area contributed by atoms with Gasteiger partial charge in [-0.1, -0.05) is 25.1 Å².